The van der Waals surface area contributed by atoms with Gasteiger partial charge in [-0.3, -0.25) is 14.9 Å². The van der Waals surface area contributed by atoms with Crippen LogP contribution in [0.4, 0.5) is 5.69 Å². The van der Waals surface area contributed by atoms with E-state index in [1.54, 1.807) is 48.5 Å². The molecule has 0 bridgehead atoms. The van der Waals surface area contributed by atoms with E-state index >= 15 is 0 Å². The third kappa shape index (κ3) is 4.14. The first kappa shape index (κ1) is 17.4. The number of furan rings is 1. The number of nitrogens with one attached hydrogen (secondary N) is 1. The van der Waals surface area contributed by atoms with Gasteiger partial charge in [-0.2, -0.15) is 5.10 Å². The lowest BCUT2D eigenvalue weighted by Gasteiger charge is -1.99. The van der Waals surface area contributed by atoms with Crippen LogP contribution >= 0.6 is 11.6 Å². The van der Waals surface area contributed by atoms with Gasteiger partial charge in [0.05, 0.1) is 11.1 Å². The number of carbonyl (C=O) groups excluding carboxylic acids is 1. The minimum Gasteiger partial charge on any atom is -0.455 e. The lowest BCUT2D eigenvalue weighted by atomic mass is 10.1. The zero-order valence-corrected chi connectivity index (χ0v) is 14.0. The molecule has 1 aromatic heterocycles. The molecule has 1 N–H and O–H groups in total. The number of amides is 1. The van der Waals surface area contributed by atoms with Crippen LogP contribution in [0.3, 0.4) is 0 Å². The summed E-state index contributed by atoms with van der Waals surface area (Å²) in [5.74, 6) is 0.584. The number of carbonyl (C=O) groups is 1. The summed E-state index contributed by atoms with van der Waals surface area (Å²) < 4.78 is 5.59. The van der Waals surface area contributed by atoms with Crippen LogP contribution in [0.2, 0.25) is 5.02 Å². The molecule has 3 rings (SSSR count). The van der Waals surface area contributed by atoms with Crippen molar-refractivity contribution in [1.82, 2.24) is 5.43 Å². The van der Waals surface area contributed by atoms with Crippen molar-refractivity contribution in [2.24, 2.45) is 5.10 Å². The third-order valence-electron chi connectivity index (χ3n) is 3.45. The van der Waals surface area contributed by atoms with E-state index in [4.69, 9.17) is 16.0 Å². The fourth-order valence-electron chi connectivity index (χ4n) is 2.15. The van der Waals surface area contributed by atoms with E-state index < -0.39 is 4.92 Å². The molecule has 1 heterocycles. The number of rotatable bonds is 5. The molecule has 7 nitrogen and oxygen atoms in total. The van der Waals surface area contributed by atoms with E-state index in [-0.39, 0.29) is 11.6 Å². The first-order chi connectivity index (χ1) is 12.5. The van der Waals surface area contributed by atoms with Crippen molar-refractivity contribution in [2.75, 3.05) is 0 Å². The summed E-state index contributed by atoms with van der Waals surface area (Å²) >= 11 is 5.77. The molecule has 0 saturated heterocycles. The second-order valence-corrected chi connectivity index (χ2v) is 5.65. The molecule has 0 fully saturated rings. The average Bonchev–Trinajstić information content (AvgIpc) is 3.11. The molecule has 8 heteroatoms. The van der Waals surface area contributed by atoms with E-state index in [9.17, 15) is 14.9 Å². The molecule has 2 aromatic carbocycles. The van der Waals surface area contributed by atoms with Crippen molar-refractivity contribution in [3.05, 3.63) is 87.1 Å². The first-order valence-corrected chi connectivity index (χ1v) is 7.84. The van der Waals surface area contributed by atoms with Crippen LogP contribution in [0.5, 0.6) is 0 Å². The Hall–Kier alpha value is -3.45. The molecular weight excluding hydrogens is 358 g/mol. The van der Waals surface area contributed by atoms with Crippen molar-refractivity contribution in [1.29, 1.82) is 0 Å². The Morgan fingerprint density at radius 3 is 2.42 bits per heavy atom. The number of nitro benzene ring substituents is 1. The number of halogens is 1. The molecular formula is C18H12ClN3O4. The molecule has 0 unspecified atom stereocenters. The van der Waals surface area contributed by atoms with Gasteiger partial charge < -0.3 is 4.42 Å². The highest BCUT2D eigenvalue weighted by Crippen LogP contribution is 2.24. The van der Waals surface area contributed by atoms with Gasteiger partial charge in [-0.05, 0) is 48.5 Å². The molecule has 1 amide bonds. The van der Waals surface area contributed by atoms with Crippen LogP contribution in [-0.4, -0.2) is 17.0 Å². The van der Waals surface area contributed by atoms with Crippen LogP contribution in [0.1, 0.15) is 16.1 Å². The standard InChI is InChI=1S/C18H12ClN3O4/c19-14-5-1-13(2-6-14)18(23)21-20-11-16-9-10-17(26-16)12-3-7-15(8-4-12)22(24)25/h1-11H,(H,21,23)/b20-11-. The number of nitrogens with zero attached hydrogens (tertiary/aromatic N) is 2. The van der Waals surface area contributed by atoms with Crippen molar-refractivity contribution in [2.45, 2.75) is 0 Å². The molecule has 130 valence electrons. The van der Waals surface area contributed by atoms with E-state index in [2.05, 4.69) is 10.5 Å². The van der Waals surface area contributed by atoms with Crippen LogP contribution < -0.4 is 5.43 Å². The lowest BCUT2D eigenvalue weighted by Crippen LogP contribution is -2.17. The second kappa shape index (κ2) is 7.62. The van der Waals surface area contributed by atoms with Crippen LogP contribution in [0.25, 0.3) is 11.3 Å². The third-order valence-corrected chi connectivity index (χ3v) is 3.71. The van der Waals surface area contributed by atoms with Gasteiger partial charge in [0.2, 0.25) is 0 Å². The maximum absolute atomic E-state index is 11.9. The predicted octanol–water partition coefficient (Wildman–Crippen LogP) is 4.27. The zero-order chi connectivity index (χ0) is 18.5. The Labute approximate surface area is 153 Å². The van der Waals surface area contributed by atoms with E-state index in [0.29, 0.717) is 27.7 Å². The summed E-state index contributed by atoms with van der Waals surface area (Å²) in [5, 5.41) is 15.1. The van der Waals surface area contributed by atoms with Gasteiger partial charge in [-0.15, -0.1) is 0 Å². The maximum atomic E-state index is 11.9. The number of non-ortho nitro benzene ring substituents is 1. The molecule has 26 heavy (non-hydrogen) atoms. The Morgan fingerprint density at radius 2 is 1.77 bits per heavy atom. The minimum absolute atomic E-state index is 0.00649. The van der Waals surface area contributed by atoms with Gasteiger partial charge in [0.25, 0.3) is 11.6 Å². The topological polar surface area (TPSA) is 97.7 Å². The summed E-state index contributed by atoms with van der Waals surface area (Å²) in [6.07, 6.45) is 1.36. The number of nitro groups is 1. The molecule has 0 aliphatic heterocycles. The summed E-state index contributed by atoms with van der Waals surface area (Å²) in [6.45, 7) is 0. The number of benzene rings is 2. The fourth-order valence-corrected chi connectivity index (χ4v) is 2.27. The Bertz CT molecular complexity index is 963. The summed E-state index contributed by atoms with van der Waals surface area (Å²) in [4.78, 5) is 22.1. The van der Waals surface area contributed by atoms with Crippen molar-refractivity contribution >= 4 is 29.4 Å². The highest BCUT2D eigenvalue weighted by atomic mass is 35.5. The van der Waals surface area contributed by atoms with Gasteiger partial charge in [0.15, 0.2) is 0 Å². The van der Waals surface area contributed by atoms with Crippen molar-refractivity contribution in [3.63, 3.8) is 0 Å². The molecule has 0 atom stereocenters. The zero-order valence-electron chi connectivity index (χ0n) is 13.3. The Morgan fingerprint density at radius 1 is 1.08 bits per heavy atom. The predicted molar refractivity (Wildman–Crippen MR) is 97.3 cm³/mol. The summed E-state index contributed by atoms with van der Waals surface area (Å²) in [5.41, 5.74) is 3.52. The second-order valence-electron chi connectivity index (χ2n) is 5.21. The number of hydrogen-bond donors (Lipinski definition) is 1. The quantitative estimate of drug-likeness (QED) is 0.412. The number of hydrazone groups is 1. The maximum Gasteiger partial charge on any atom is 0.271 e. The molecule has 0 aliphatic rings. The van der Waals surface area contributed by atoms with Crippen molar-refractivity contribution < 1.29 is 14.1 Å². The van der Waals surface area contributed by atoms with Crippen molar-refractivity contribution in [3.8, 4) is 11.3 Å². The molecule has 3 aromatic rings. The Balaban J connectivity index is 1.64. The summed E-state index contributed by atoms with van der Waals surface area (Å²) in [6, 6.07) is 15.8. The molecule has 0 radical (unpaired) electrons. The first-order valence-electron chi connectivity index (χ1n) is 7.46. The van der Waals surface area contributed by atoms with Gasteiger partial charge in [-0.1, -0.05) is 11.6 Å². The smallest absolute Gasteiger partial charge is 0.271 e. The summed E-state index contributed by atoms with van der Waals surface area (Å²) in [7, 11) is 0. The monoisotopic (exact) mass is 369 g/mol. The average molecular weight is 370 g/mol. The van der Waals surface area contributed by atoms with Gasteiger partial charge >= 0.3 is 0 Å². The molecule has 0 spiro atoms. The van der Waals surface area contributed by atoms with Gasteiger partial charge in [-0.25, -0.2) is 5.43 Å². The van der Waals surface area contributed by atoms with Crippen LogP contribution in [0, 0.1) is 10.1 Å². The fraction of sp³-hybridized carbons (Fsp3) is 0. The highest BCUT2D eigenvalue weighted by molar-refractivity contribution is 6.30. The molecule has 0 aliphatic carbocycles. The lowest BCUT2D eigenvalue weighted by molar-refractivity contribution is -0.384. The molecule has 0 saturated carbocycles. The SMILES string of the molecule is O=C(N/N=C\c1ccc(-c2ccc([N+](=O)[O-])cc2)o1)c1ccc(Cl)cc1. The van der Waals surface area contributed by atoms with E-state index in [1.807, 2.05) is 0 Å². The minimum atomic E-state index is -0.465. The van der Waals surface area contributed by atoms with Crippen LogP contribution in [-0.2, 0) is 0 Å². The van der Waals surface area contributed by atoms with E-state index in [0.717, 1.165) is 0 Å². The van der Waals surface area contributed by atoms with E-state index in [1.165, 1.54) is 18.3 Å². The normalized spacial score (nSPS) is 10.8. The number of hydrogen-bond acceptors (Lipinski definition) is 5. The van der Waals surface area contributed by atoms with Gasteiger partial charge in [0.1, 0.15) is 11.5 Å². The van der Waals surface area contributed by atoms with Gasteiger partial charge in [0, 0.05) is 28.3 Å². The highest BCUT2D eigenvalue weighted by Gasteiger charge is 2.08. The Kier molecular flexibility index (Phi) is 5.09. The van der Waals surface area contributed by atoms with Crippen LogP contribution in [0.15, 0.2) is 70.2 Å². The largest absolute Gasteiger partial charge is 0.455 e.